The highest BCUT2D eigenvalue weighted by Crippen LogP contribution is 2.31. The van der Waals surface area contributed by atoms with Crippen LogP contribution in [0.5, 0.6) is 0 Å². The molecule has 0 spiro atoms. The number of amides is 1. The molecule has 27 heavy (non-hydrogen) atoms. The Morgan fingerprint density at radius 3 is 2.93 bits per heavy atom. The van der Waals surface area contributed by atoms with Gasteiger partial charge in [-0.25, -0.2) is 9.50 Å². The van der Waals surface area contributed by atoms with Crippen molar-refractivity contribution in [1.82, 2.24) is 19.5 Å². The van der Waals surface area contributed by atoms with E-state index in [-0.39, 0.29) is 5.91 Å². The molecule has 5 heterocycles. The van der Waals surface area contributed by atoms with E-state index in [2.05, 4.69) is 33.6 Å². The molecule has 1 saturated heterocycles. The Kier molecular flexibility index (Phi) is 3.89. The zero-order valence-electron chi connectivity index (χ0n) is 15.1. The normalized spacial score (nSPS) is 16.6. The lowest BCUT2D eigenvalue weighted by Crippen LogP contribution is -2.35. The number of nitrogens with one attached hydrogen (secondary N) is 1. The van der Waals surface area contributed by atoms with Crippen LogP contribution in [0.2, 0.25) is 0 Å². The van der Waals surface area contributed by atoms with Crippen LogP contribution in [0.25, 0.3) is 11.1 Å². The van der Waals surface area contributed by atoms with Gasteiger partial charge >= 0.3 is 0 Å². The van der Waals surface area contributed by atoms with Gasteiger partial charge in [0.1, 0.15) is 5.82 Å². The molecule has 3 aromatic heterocycles. The number of aromatic nitrogens is 3. The van der Waals surface area contributed by atoms with Gasteiger partial charge in [0.2, 0.25) is 0 Å². The number of hydrogen-bond donors (Lipinski definition) is 1. The number of carbonyl (C=O) groups is 1. The van der Waals surface area contributed by atoms with Gasteiger partial charge in [0, 0.05) is 37.6 Å². The number of hydrogen-bond acceptors (Lipinski definition) is 4. The van der Waals surface area contributed by atoms with E-state index in [9.17, 15) is 4.79 Å². The summed E-state index contributed by atoms with van der Waals surface area (Å²) < 4.78 is 1.78. The van der Waals surface area contributed by atoms with E-state index in [1.54, 1.807) is 16.9 Å². The van der Waals surface area contributed by atoms with Crippen LogP contribution >= 0.6 is 0 Å². The molecule has 2 aliphatic heterocycles. The molecule has 3 aromatic rings. The summed E-state index contributed by atoms with van der Waals surface area (Å²) in [6.07, 6.45) is 11.0. The molecule has 6 heteroatoms. The van der Waals surface area contributed by atoms with Gasteiger partial charge < -0.3 is 10.2 Å². The van der Waals surface area contributed by atoms with Crippen LogP contribution in [-0.2, 0) is 0 Å². The average Bonchev–Trinajstić information content (AvgIpc) is 3.16. The second-order valence-corrected chi connectivity index (χ2v) is 7.05. The molecule has 136 valence electrons. The summed E-state index contributed by atoms with van der Waals surface area (Å²) in [5.74, 6) is 0.983. The molecule has 6 nitrogen and oxygen atoms in total. The predicted octanol–water partition coefficient (Wildman–Crippen LogP) is 3.21. The fourth-order valence-corrected chi connectivity index (χ4v) is 3.98. The fourth-order valence-electron chi connectivity index (χ4n) is 3.98. The van der Waals surface area contributed by atoms with Crippen LogP contribution in [0.1, 0.15) is 40.7 Å². The molecule has 0 radical (unpaired) electrons. The second-order valence-electron chi connectivity index (χ2n) is 7.05. The first-order valence-electron chi connectivity index (χ1n) is 9.48. The third kappa shape index (κ3) is 2.77. The maximum Gasteiger partial charge on any atom is 0.257 e. The number of nitrogens with zero attached hydrogens (tertiary/aromatic N) is 4. The minimum absolute atomic E-state index is 0.0863. The van der Waals surface area contributed by atoms with Gasteiger partial charge in [-0.2, -0.15) is 5.10 Å². The number of pyridine rings is 2. The largest absolute Gasteiger partial charge is 0.366 e. The van der Waals surface area contributed by atoms with Crippen molar-refractivity contribution in [3.8, 4) is 0 Å². The lowest BCUT2D eigenvalue weighted by atomic mass is 9.96. The Balaban J connectivity index is 1.56. The Labute approximate surface area is 157 Å². The first-order valence-corrected chi connectivity index (χ1v) is 9.48. The summed E-state index contributed by atoms with van der Waals surface area (Å²) in [6, 6.07) is 8.13. The lowest BCUT2D eigenvalue weighted by molar-refractivity contribution is 0.0726. The van der Waals surface area contributed by atoms with Gasteiger partial charge in [-0.3, -0.25) is 4.79 Å². The predicted molar refractivity (Wildman–Crippen MR) is 105 cm³/mol. The molecule has 5 rings (SSSR count). The van der Waals surface area contributed by atoms with Crippen molar-refractivity contribution in [2.45, 2.75) is 19.3 Å². The number of likely N-dealkylation sites (tertiary alicyclic amines) is 1. The van der Waals surface area contributed by atoms with Crippen molar-refractivity contribution < 1.29 is 4.79 Å². The Morgan fingerprint density at radius 1 is 1.15 bits per heavy atom. The average molecular weight is 359 g/mol. The Morgan fingerprint density at radius 2 is 2.04 bits per heavy atom. The van der Waals surface area contributed by atoms with Crippen molar-refractivity contribution in [2.75, 3.05) is 25.0 Å². The summed E-state index contributed by atoms with van der Waals surface area (Å²) >= 11 is 0. The molecule has 0 saturated carbocycles. The molecule has 0 atom stereocenters. The minimum Gasteiger partial charge on any atom is -0.366 e. The van der Waals surface area contributed by atoms with E-state index < -0.39 is 0 Å². The van der Waals surface area contributed by atoms with E-state index in [1.807, 2.05) is 23.2 Å². The summed E-state index contributed by atoms with van der Waals surface area (Å²) in [5.41, 5.74) is 4.83. The number of fused-ring (bicyclic) bond motifs is 2. The van der Waals surface area contributed by atoms with Crippen molar-refractivity contribution in [1.29, 1.82) is 0 Å². The molecule has 2 aliphatic rings. The molecule has 0 aliphatic carbocycles. The Bertz CT molecular complexity index is 1050. The van der Waals surface area contributed by atoms with E-state index in [1.165, 1.54) is 6.42 Å². The minimum atomic E-state index is 0.0863. The van der Waals surface area contributed by atoms with Crippen molar-refractivity contribution in [3.63, 3.8) is 0 Å². The van der Waals surface area contributed by atoms with Crippen molar-refractivity contribution >= 4 is 22.8 Å². The molecular weight excluding hydrogens is 338 g/mol. The molecule has 1 amide bonds. The maximum absolute atomic E-state index is 13.0. The first kappa shape index (κ1) is 16.1. The summed E-state index contributed by atoms with van der Waals surface area (Å²) in [7, 11) is 0. The summed E-state index contributed by atoms with van der Waals surface area (Å²) in [5, 5.41) is 7.69. The zero-order valence-corrected chi connectivity index (χ0v) is 15.1. The molecule has 0 unspecified atom stereocenters. The lowest BCUT2D eigenvalue weighted by Gasteiger charge is -2.26. The van der Waals surface area contributed by atoms with Crippen LogP contribution in [-0.4, -0.2) is 45.0 Å². The van der Waals surface area contributed by atoms with Gasteiger partial charge in [0.05, 0.1) is 17.3 Å². The van der Waals surface area contributed by atoms with Crippen LogP contribution in [0.15, 0.2) is 48.9 Å². The Hall–Kier alpha value is -3.15. The molecule has 1 N–H and O–H groups in total. The third-order valence-corrected chi connectivity index (χ3v) is 5.38. The van der Waals surface area contributed by atoms with Crippen molar-refractivity contribution in [2.24, 2.45) is 0 Å². The van der Waals surface area contributed by atoms with E-state index in [0.717, 1.165) is 60.5 Å². The first-order chi connectivity index (χ1) is 13.3. The zero-order chi connectivity index (χ0) is 18.2. The third-order valence-electron chi connectivity index (χ3n) is 5.38. The SMILES string of the molecule is O=C(c1cnn2ccc(C3=CCNc4ncccc43)cc12)N1CCCCC1. The number of rotatable bonds is 2. The van der Waals surface area contributed by atoms with E-state index in [0.29, 0.717) is 5.56 Å². The summed E-state index contributed by atoms with van der Waals surface area (Å²) in [6.45, 7) is 2.42. The molecule has 0 aromatic carbocycles. The quantitative estimate of drug-likeness (QED) is 0.763. The fraction of sp³-hybridized carbons (Fsp3) is 0.286. The van der Waals surface area contributed by atoms with Crippen LogP contribution in [0, 0.1) is 0 Å². The van der Waals surface area contributed by atoms with Crippen molar-refractivity contribution in [3.05, 3.63) is 65.6 Å². The monoisotopic (exact) mass is 359 g/mol. The second kappa shape index (κ2) is 6.54. The topological polar surface area (TPSA) is 62.5 Å². The highest BCUT2D eigenvalue weighted by molar-refractivity contribution is 6.01. The number of piperidine rings is 1. The summed E-state index contributed by atoms with van der Waals surface area (Å²) in [4.78, 5) is 19.4. The maximum atomic E-state index is 13.0. The number of anilines is 1. The van der Waals surface area contributed by atoms with Gasteiger partial charge in [-0.05, 0) is 54.7 Å². The van der Waals surface area contributed by atoms with E-state index in [4.69, 9.17) is 0 Å². The molecule has 1 fully saturated rings. The van der Waals surface area contributed by atoms with Gasteiger partial charge in [-0.1, -0.05) is 6.08 Å². The highest BCUT2D eigenvalue weighted by Gasteiger charge is 2.22. The van der Waals surface area contributed by atoms with Crippen LogP contribution in [0.3, 0.4) is 0 Å². The van der Waals surface area contributed by atoms with Crippen LogP contribution < -0.4 is 5.32 Å². The molecule has 0 bridgehead atoms. The van der Waals surface area contributed by atoms with Gasteiger partial charge in [0.25, 0.3) is 5.91 Å². The van der Waals surface area contributed by atoms with Crippen LogP contribution in [0.4, 0.5) is 5.82 Å². The highest BCUT2D eigenvalue weighted by atomic mass is 16.2. The smallest absolute Gasteiger partial charge is 0.257 e. The van der Waals surface area contributed by atoms with Gasteiger partial charge in [0.15, 0.2) is 0 Å². The standard InChI is InChI=1S/C21H21N5O/c27-21(25-10-2-1-3-11-25)18-14-24-26-12-7-15(13-19(18)26)16-6-9-23-20-17(16)5-4-8-22-20/h4-8,12-14H,1-3,9-11H2,(H,22,23). The number of carbonyl (C=O) groups excluding carboxylic acids is 1. The van der Waals surface area contributed by atoms with E-state index >= 15 is 0 Å². The van der Waals surface area contributed by atoms with Gasteiger partial charge in [-0.15, -0.1) is 0 Å². The molecular formula is C21H21N5O.